The van der Waals surface area contributed by atoms with Gasteiger partial charge in [0.2, 0.25) is 5.78 Å². The SMILES string of the molecule is COC(=O)c1c(C)[nH]c(C(=O)[C@H](C)Nc2cc(C)ccc2C)c1C. The standard InChI is InChI=1S/C19H24N2O3/c1-10-7-8-11(2)15(9-10)20-14(5)18(22)17-12(3)16(13(4)21-17)19(23)24-6/h7-9,14,20-21H,1-6H3/t14-/m0/s1. The van der Waals surface area contributed by atoms with Gasteiger partial charge in [-0.2, -0.15) is 0 Å². The molecule has 0 unspecified atom stereocenters. The predicted molar refractivity (Wildman–Crippen MR) is 94.9 cm³/mol. The number of hydrogen-bond donors (Lipinski definition) is 2. The zero-order valence-electron chi connectivity index (χ0n) is 15.0. The van der Waals surface area contributed by atoms with Crippen LogP contribution in [0.2, 0.25) is 0 Å². The van der Waals surface area contributed by atoms with Crippen LogP contribution in [0, 0.1) is 27.7 Å². The van der Waals surface area contributed by atoms with E-state index >= 15 is 0 Å². The lowest BCUT2D eigenvalue weighted by molar-refractivity contribution is 0.0599. The molecule has 0 spiro atoms. The maximum absolute atomic E-state index is 12.8. The molecule has 0 aliphatic rings. The molecule has 1 heterocycles. The van der Waals surface area contributed by atoms with Gasteiger partial charge < -0.3 is 15.0 Å². The van der Waals surface area contributed by atoms with Gasteiger partial charge >= 0.3 is 5.97 Å². The summed E-state index contributed by atoms with van der Waals surface area (Å²) in [5.41, 5.74) is 5.28. The molecule has 0 fully saturated rings. The lowest BCUT2D eigenvalue weighted by atomic mass is 10.0. The van der Waals surface area contributed by atoms with Crippen LogP contribution in [0.1, 0.15) is 50.2 Å². The number of ether oxygens (including phenoxy) is 1. The summed E-state index contributed by atoms with van der Waals surface area (Å²) in [6, 6.07) is 5.65. The van der Waals surface area contributed by atoms with Crippen molar-refractivity contribution in [2.24, 2.45) is 0 Å². The van der Waals surface area contributed by atoms with Crippen LogP contribution < -0.4 is 5.32 Å². The normalized spacial score (nSPS) is 11.9. The Morgan fingerprint density at radius 3 is 2.46 bits per heavy atom. The van der Waals surface area contributed by atoms with Crippen molar-refractivity contribution in [2.75, 3.05) is 12.4 Å². The summed E-state index contributed by atoms with van der Waals surface area (Å²) in [7, 11) is 1.33. The summed E-state index contributed by atoms with van der Waals surface area (Å²) < 4.78 is 4.79. The van der Waals surface area contributed by atoms with Crippen molar-refractivity contribution in [3.05, 3.63) is 51.8 Å². The molecule has 0 bridgehead atoms. The Balaban J connectivity index is 2.28. The molecule has 2 aromatic rings. The fourth-order valence-electron chi connectivity index (χ4n) is 2.81. The zero-order valence-corrected chi connectivity index (χ0v) is 15.0. The molecule has 2 N–H and O–H groups in total. The number of carbonyl (C=O) groups is 2. The van der Waals surface area contributed by atoms with Crippen LogP contribution >= 0.6 is 0 Å². The summed E-state index contributed by atoms with van der Waals surface area (Å²) in [6.45, 7) is 9.35. The average Bonchev–Trinajstić information content (AvgIpc) is 2.84. The van der Waals surface area contributed by atoms with E-state index in [2.05, 4.69) is 10.3 Å². The Morgan fingerprint density at radius 2 is 1.83 bits per heavy atom. The molecule has 5 nitrogen and oxygen atoms in total. The highest BCUT2D eigenvalue weighted by molar-refractivity contribution is 6.04. The summed E-state index contributed by atoms with van der Waals surface area (Å²) in [5.74, 6) is -0.526. The molecule has 0 radical (unpaired) electrons. The summed E-state index contributed by atoms with van der Waals surface area (Å²) >= 11 is 0. The third-order valence-corrected chi connectivity index (χ3v) is 4.23. The third kappa shape index (κ3) is 3.35. The Morgan fingerprint density at radius 1 is 1.17 bits per heavy atom. The van der Waals surface area contributed by atoms with Crippen molar-refractivity contribution in [2.45, 2.75) is 40.7 Å². The van der Waals surface area contributed by atoms with E-state index in [1.165, 1.54) is 7.11 Å². The number of hydrogen-bond acceptors (Lipinski definition) is 4. The monoisotopic (exact) mass is 328 g/mol. The van der Waals surface area contributed by atoms with E-state index in [1.54, 1.807) is 13.8 Å². The van der Waals surface area contributed by atoms with E-state index in [1.807, 2.05) is 39.0 Å². The molecule has 2 rings (SSSR count). The highest BCUT2D eigenvalue weighted by atomic mass is 16.5. The fourth-order valence-corrected chi connectivity index (χ4v) is 2.81. The number of benzene rings is 1. The number of H-pyrrole nitrogens is 1. The van der Waals surface area contributed by atoms with E-state index in [9.17, 15) is 9.59 Å². The number of anilines is 1. The van der Waals surface area contributed by atoms with E-state index in [0.717, 1.165) is 16.8 Å². The first-order chi connectivity index (χ1) is 11.3. The lowest BCUT2D eigenvalue weighted by Crippen LogP contribution is -2.27. The Kier molecular flexibility index (Phi) is 5.12. The smallest absolute Gasteiger partial charge is 0.339 e. The van der Waals surface area contributed by atoms with Crippen molar-refractivity contribution in [1.29, 1.82) is 0 Å². The molecule has 1 aromatic carbocycles. The number of aromatic nitrogens is 1. The highest BCUT2D eigenvalue weighted by Crippen LogP contribution is 2.22. The highest BCUT2D eigenvalue weighted by Gasteiger charge is 2.25. The second-order valence-electron chi connectivity index (χ2n) is 6.17. The second-order valence-corrected chi connectivity index (χ2v) is 6.17. The molecule has 128 valence electrons. The molecular formula is C19H24N2O3. The van der Waals surface area contributed by atoms with E-state index in [-0.39, 0.29) is 5.78 Å². The number of methoxy groups -OCH3 is 1. The quantitative estimate of drug-likeness (QED) is 0.648. The van der Waals surface area contributed by atoms with Crippen LogP contribution in [0.3, 0.4) is 0 Å². The number of Topliss-reactive ketones (excluding diaryl/α,β-unsaturated/α-hetero) is 1. The fraction of sp³-hybridized carbons (Fsp3) is 0.368. The van der Waals surface area contributed by atoms with Gasteiger partial charge in [-0.05, 0) is 57.4 Å². The third-order valence-electron chi connectivity index (χ3n) is 4.23. The number of rotatable bonds is 5. The van der Waals surface area contributed by atoms with Crippen LogP contribution in [-0.2, 0) is 4.74 Å². The van der Waals surface area contributed by atoms with Gasteiger partial charge in [0.25, 0.3) is 0 Å². The predicted octanol–water partition coefficient (Wildman–Crippen LogP) is 3.72. The van der Waals surface area contributed by atoms with Crippen molar-refractivity contribution in [3.8, 4) is 0 Å². The number of aryl methyl sites for hydroxylation is 3. The van der Waals surface area contributed by atoms with E-state index < -0.39 is 12.0 Å². The van der Waals surface area contributed by atoms with Crippen molar-refractivity contribution in [1.82, 2.24) is 4.98 Å². The van der Waals surface area contributed by atoms with Crippen LogP contribution in [0.25, 0.3) is 0 Å². The van der Waals surface area contributed by atoms with Gasteiger partial charge in [0, 0.05) is 11.4 Å². The van der Waals surface area contributed by atoms with E-state index in [4.69, 9.17) is 4.74 Å². The number of nitrogens with one attached hydrogen (secondary N) is 2. The maximum atomic E-state index is 12.8. The van der Waals surface area contributed by atoms with Gasteiger partial charge in [-0.15, -0.1) is 0 Å². The first kappa shape index (κ1) is 17.8. The zero-order chi connectivity index (χ0) is 18.0. The van der Waals surface area contributed by atoms with Gasteiger partial charge in [-0.25, -0.2) is 4.79 Å². The van der Waals surface area contributed by atoms with E-state index in [0.29, 0.717) is 22.5 Å². The molecule has 24 heavy (non-hydrogen) atoms. The molecule has 0 aliphatic heterocycles. The average molecular weight is 328 g/mol. The van der Waals surface area contributed by atoms with Crippen LogP contribution in [0.15, 0.2) is 18.2 Å². The second kappa shape index (κ2) is 6.91. The number of ketones is 1. The molecule has 1 atom stereocenters. The molecule has 1 aromatic heterocycles. The lowest BCUT2D eigenvalue weighted by Gasteiger charge is -2.16. The van der Waals surface area contributed by atoms with Gasteiger partial charge in [0.05, 0.1) is 24.4 Å². The topological polar surface area (TPSA) is 71.2 Å². The van der Waals surface area contributed by atoms with Gasteiger partial charge in [-0.3, -0.25) is 4.79 Å². The maximum Gasteiger partial charge on any atom is 0.339 e. The minimum absolute atomic E-state index is 0.0911. The van der Waals surface area contributed by atoms with Gasteiger partial charge in [0.1, 0.15) is 0 Å². The number of aromatic amines is 1. The van der Waals surface area contributed by atoms with Crippen LogP contribution in [0.5, 0.6) is 0 Å². The first-order valence-electron chi connectivity index (χ1n) is 7.91. The summed E-state index contributed by atoms with van der Waals surface area (Å²) in [4.78, 5) is 27.7. The summed E-state index contributed by atoms with van der Waals surface area (Å²) in [6.07, 6.45) is 0. The minimum Gasteiger partial charge on any atom is -0.465 e. The van der Waals surface area contributed by atoms with Gasteiger partial charge in [-0.1, -0.05) is 12.1 Å². The Hall–Kier alpha value is -2.56. The van der Waals surface area contributed by atoms with Crippen molar-refractivity contribution >= 4 is 17.4 Å². The van der Waals surface area contributed by atoms with Crippen LogP contribution in [-0.4, -0.2) is 29.9 Å². The van der Waals surface area contributed by atoms with Gasteiger partial charge in [0.15, 0.2) is 0 Å². The minimum atomic E-state index is -0.435. The largest absolute Gasteiger partial charge is 0.465 e. The van der Waals surface area contributed by atoms with Crippen LogP contribution in [0.4, 0.5) is 5.69 Å². The molecule has 0 aliphatic carbocycles. The molecular weight excluding hydrogens is 304 g/mol. The van der Waals surface area contributed by atoms with Crippen molar-refractivity contribution < 1.29 is 14.3 Å². The summed E-state index contributed by atoms with van der Waals surface area (Å²) in [5, 5.41) is 3.26. The Labute approximate surface area is 142 Å². The molecule has 0 saturated carbocycles. The molecule has 0 amide bonds. The number of esters is 1. The Bertz CT molecular complexity index is 790. The van der Waals surface area contributed by atoms with Crippen molar-refractivity contribution in [3.63, 3.8) is 0 Å². The molecule has 0 saturated heterocycles. The first-order valence-corrected chi connectivity index (χ1v) is 7.91. The number of carbonyl (C=O) groups excluding carboxylic acids is 2. The molecule has 5 heteroatoms.